The minimum Gasteiger partial charge on any atom is -0.357 e. The van der Waals surface area contributed by atoms with Gasteiger partial charge in [-0.25, -0.2) is 14.6 Å². The van der Waals surface area contributed by atoms with Crippen LogP contribution in [0.5, 0.6) is 0 Å². The van der Waals surface area contributed by atoms with E-state index in [-0.39, 0.29) is 5.91 Å². The summed E-state index contributed by atoms with van der Waals surface area (Å²) >= 11 is 0. The van der Waals surface area contributed by atoms with Crippen molar-refractivity contribution in [2.45, 2.75) is 32.2 Å². The molecule has 126 valence electrons. The van der Waals surface area contributed by atoms with E-state index in [1.54, 1.807) is 11.0 Å². The van der Waals surface area contributed by atoms with Crippen molar-refractivity contribution in [3.8, 4) is 5.82 Å². The van der Waals surface area contributed by atoms with Crippen LogP contribution in [-0.2, 0) is 4.79 Å². The first kappa shape index (κ1) is 15.1. The third kappa shape index (κ3) is 2.74. The lowest BCUT2D eigenvalue weighted by Crippen LogP contribution is -2.38. The molecule has 0 spiro atoms. The van der Waals surface area contributed by atoms with Gasteiger partial charge in [0.25, 0.3) is 0 Å². The number of carbonyl (C=O) groups is 1. The monoisotopic (exact) mass is 326 g/mol. The molecule has 0 bridgehead atoms. The first-order valence-corrected chi connectivity index (χ1v) is 8.43. The minimum atomic E-state index is 0.193. The molecule has 0 radical (unpaired) electrons. The number of carbonyl (C=O) groups excluding carboxylic acids is 1. The maximum Gasteiger partial charge on any atom is 0.220 e. The summed E-state index contributed by atoms with van der Waals surface area (Å²) in [6, 6.07) is 2.38. The van der Waals surface area contributed by atoms with Crippen molar-refractivity contribution in [1.82, 2.24) is 25.1 Å². The summed E-state index contributed by atoms with van der Waals surface area (Å²) in [5.41, 5.74) is 1.10. The molecule has 2 fully saturated rings. The Morgan fingerprint density at radius 1 is 1.29 bits per heavy atom. The van der Waals surface area contributed by atoms with Gasteiger partial charge in [0.15, 0.2) is 5.82 Å². The van der Waals surface area contributed by atoms with Gasteiger partial charge in [-0.3, -0.25) is 4.79 Å². The first-order valence-electron chi connectivity index (χ1n) is 8.43. The number of amides is 1. The molecule has 24 heavy (non-hydrogen) atoms. The SMILES string of the molecule is Cc1cnn(-c2cc(N(C)[C@H]3C[C@H]4CC(=O)NC[C@H]4C3)ncn2)c1. The third-order valence-electron chi connectivity index (χ3n) is 5.32. The number of rotatable bonds is 3. The van der Waals surface area contributed by atoms with Gasteiger partial charge >= 0.3 is 0 Å². The van der Waals surface area contributed by atoms with Gasteiger partial charge < -0.3 is 10.2 Å². The largest absolute Gasteiger partial charge is 0.357 e. The van der Waals surface area contributed by atoms with Crippen molar-refractivity contribution in [2.75, 3.05) is 18.5 Å². The van der Waals surface area contributed by atoms with Crippen molar-refractivity contribution in [1.29, 1.82) is 0 Å². The van der Waals surface area contributed by atoms with E-state index in [0.29, 0.717) is 24.3 Å². The van der Waals surface area contributed by atoms with Crippen LogP contribution in [0.15, 0.2) is 24.8 Å². The summed E-state index contributed by atoms with van der Waals surface area (Å²) in [6.07, 6.45) is 8.17. The Kier molecular flexibility index (Phi) is 3.70. The molecule has 7 heteroatoms. The molecule has 1 aliphatic heterocycles. The molecule has 2 aromatic heterocycles. The Balaban J connectivity index is 1.52. The van der Waals surface area contributed by atoms with Crippen LogP contribution in [0.4, 0.5) is 5.82 Å². The quantitative estimate of drug-likeness (QED) is 0.921. The highest BCUT2D eigenvalue weighted by Gasteiger charge is 2.39. The van der Waals surface area contributed by atoms with Gasteiger partial charge in [-0.05, 0) is 37.2 Å². The van der Waals surface area contributed by atoms with Crippen LogP contribution in [0, 0.1) is 18.8 Å². The summed E-state index contributed by atoms with van der Waals surface area (Å²) in [7, 11) is 2.08. The lowest BCUT2D eigenvalue weighted by Gasteiger charge is -2.25. The molecule has 1 saturated carbocycles. The number of aromatic nitrogens is 4. The average Bonchev–Trinajstić information content (AvgIpc) is 3.20. The standard InChI is InChI=1S/C17H22N6O/c1-11-7-21-23(9-11)16-6-15(19-10-20-16)22(2)14-3-12-5-17(24)18-8-13(12)4-14/h6-7,9-10,12-14H,3-5,8H2,1-2H3,(H,18,24)/t12-,13+,14-/m0/s1. The van der Waals surface area contributed by atoms with E-state index < -0.39 is 0 Å². The smallest absolute Gasteiger partial charge is 0.220 e. The van der Waals surface area contributed by atoms with Crippen LogP contribution in [0.2, 0.25) is 0 Å². The van der Waals surface area contributed by atoms with Crippen molar-refractivity contribution in [2.24, 2.45) is 11.8 Å². The van der Waals surface area contributed by atoms with Crippen LogP contribution in [0.3, 0.4) is 0 Å². The molecular weight excluding hydrogens is 304 g/mol. The summed E-state index contributed by atoms with van der Waals surface area (Å²) in [6.45, 7) is 2.82. The van der Waals surface area contributed by atoms with Crippen LogP contribution in [0.25, 0.3) is 5.82 Å². The molecular formula is C17H22N6O. The Hall–Kier alpha value is -2.44. The predicted octanol–water partition coefficient (Wildman–Crippen LogP) is 1.32. The van der Waals surface area contributed by atoms with E-state index in [4.69, 9.17) is 0 Å². The zero-order chi connectivity index (χ0) is 16.7. The van der Waals surface area contributed by atoms with E-state index >= 15 is 0 Å². The normalized spacial score (nSPS) is 26.1. The third-order valence-corrected chi connectivity index (χ3v) is 5.32. The second-order valence-electron chi connectivity index (χ2n) is 6.96. The van der Waals surface area contributed by atoms with Crippen LogP contribution < -0.4 is 10.2 Å². The second kappa shape index (κ2) is 5.89. The second-order valence-corrected chi connectivity index (χ2v) is 6.96. The maximum absolute atomic E-state index is 11.6. The Bertz CT molecular complexity index is 757. The van der Waals surface area contributed by atoms with Crippen LogP contribution in [0.1, 0.15) is 24.8 Å². The van der Waals surface area contributed by atoms with Crippen molar-refractivity contribution in [3.05, 3.63) is 30.4 Å². The van der Waals surface area contributed by atoms with E-state index in [1.807, 2.05) is 25.4 Å². The fourth-order valence-corrected chi connectivity index (χ4v) is 3.93. The number of aryl methyl sites for hydroxylation is 1. The fourth-order valence-electron chi connectivity index (χ4n) is 3.93. The topological polar surface area (TPSA) is 75.9 Å². The summed E-state index contributed by atoms with van der Waals surface area (Å²) in [5, 5.41) is 7.30. The Morgan fingerprint density at radius 2 is 2.12 bits per heavy atom. The highest BCUT2D eigenvalue weighted by molar-refractivity contribution is 5.77. The minimum absolute atomic E-state index is 0.193. The van der Waals surface area contributed by atoms with Gasteiger partial charge in [-0.1, -0.05) is 0 Å². The van der Waals surface area contributed by atoms with E-state index in [9.17, 15) is 4.79 Å². The molecule has 1 N–H and O–H groups in total. The number of piperidine rings is 1. The summed E-state index contributed by atoms with van der Waals surface area (Å²) < 4.78 is 1.77. The van der Waals surface area contributed by atoms with Crippen molar-refractivity contribution < 1.29 is 4.79 Å². The summed E-state index contributed by atoms with van der Waals surface area (Å²) in [4.78, 5) is 22.6. The molecule has 2 aromatic rings. The van der Waals surface area contributed by atoms with E-state index in [1.165, 1.54) is 0 Å². The van der Waals surface area contributed by atoms with Crippen molar-refractivity contribution >= 4 is 11.7 Å². The van der Waals surface area contributed by atoms with Gasteiger partial charge in [-0.15, -0.1) is 0 Å². The van der Waals surface area contributed by atoms with Gasteiger partial charge in [0.2, 0.25) is 5.91 Å². The maximum atomic E-state index is 11.6. The molecule has 2 aliphatic rings. The first-order chi connectivity index (χ1) is 11.6. The molecule has 7 nitrogen and oxygen atoms in total. The van der Waals surface area contributed by atoms with E-state index in [0.717, 1.165) is 36.6 Å². The van der Waals surface area contributed by atoms with Crippen LogP contribution in [-0.4, -0.2) is 45.3 Å². The predicted molar refractivity (Wildman–Crippen MR) is 89.9 cm³/mol. The molecule has 3 heterocycles. The highest BCUT2D eigenvalue weighted by Crippen LogP contribution is 2.39. The number of hydrogen-bond acceptors (Lipinski definition) is 5. The zero-order valence-corrected chi connectivity index (χ0v) is 14.0. The van der Waals surface area contributed by atoms with Gasteiger partial charge in [0.05, 0.1) is 6.20 Å². The van der Waals surface area contributed by atoms with Crippen molar-refractivity contribution in [3.63, 3.8) is 0 Å². The lowest BCUT2D eigenvalue weighted by atomic mass is 9.89. The zero-order valence-electron chi connectivity index (χ0n) is 14.0. The Morgan fingerprint density at radius 3 is 2.92 bits per heavy atom. The highest BCUT2D eigenvalue weighted by atomic mass is 16.1. The summed E-state index contributed by atoms with van der Waals surface area (Å²) in [5.74, 6) is 2.95. The number of nitrogens with one attached hydrogen (secondary N) is 1. The van der Waals surface area contributed by atoms with Gasteiger partial charge in [0, 0.05) is 38.3 Å². The molecule has 0 aromatic carbocycles. The van der Waals surface area contributed by atoms with Gasteiger partial charge in [-0.2, -0.15) is 5.10 Å². The van der Waals surface area contributed by atoms with Gasteiger partial charge in [0.1, 0.15) is 12.1 Å². The molecule has 1 amide bonds. The molecule has 0 unspecified atom stereocenters. The number of hydrogen-bond donors (Lipinski definition) is 1. The average molecular weight is 326 g/mol. The molecule has 4 rings (SSSR count). The lowest BCUT2D eigenvalue weighted by molar-refractivity contribution is -0.124. The number of nitrogens with zero attached hydrogens (tertiary/aromatic N) is 5. The number of anilines is 1. The van der Waals surface area contributed by atoms with E-state index in [2.05, 4.69) is 32.3 Å². The molecule has 3 atom stereocenters. The van der Waals surface area contributed by atoms with Crippen LogP contribution >= 0.6 is 0 Å². The number of fused-ring (bicyclic) bond motifs is 1. The molecule has 1 saturated heterocycles. The Labute approximate surface area is 141 Å². The fraction of sp³-hybridized carbons (Fsp3) is 0.529. The molecule has 1 aliphatic carbocycles.